The molecule has 25 heavy (non-hydrogen) atoms. The Balaban J connectivity index is 1.14. The predicted octanol–water partition coefficient (Wildman–Crippen LogP) is 1.91. The zero-order valence-electron chi connectivity index (χ0n) is 14.9. The van der Waals surface area contributed by atoms with Gasteiger partial charge in [-0.2, -0.15) is 0 Å². The minimum atomic E-state index is -0.0182. The molecule has 1 aromatic carbocycles. The number of aryl methyl sites for hydroxylation is 1. The highest BCUT2D eigenvalue weighted by Gasteiger charge is 2.57. The van der Waals surface area contributed by atoms with E-state index in [0.29, 0.717) is 11.3 Å². The zero-order chi connectivity index (χ0) is 17.1. The van der Waals surface area contributed by atoms with E-state index in [0.717, 1.165) is 52.4 Å². The number of hydrogen-bond acceptors (Lipinski definition) is 3. The van der Waals surface area contributed by atoms with Crippen molar-refractivity contribution < 1.29 is 9.53 Å². The van der Waals surface area contributed by atoms with Gasteiger partial charge >= 0.3 is 6.03 Å². The van der Waals surface area contributed by atoms with E-state index in [4.69, 9.17) is 4.74 Å². The molecule has 1 aromatic rings. The lowest BCUT2D eigenvalue weighted by atomic mass is 9.95. The summed E-state index contributed by atoms with van der Waals surface area (Å²) in [5.74, 6) is 0.607. The third kappa shape index (κ3) is 3.67. The van der Waals surface area contributed by atoms with E-state index < -0.39 is 0 Å². The molecule has 3 aliphatic rings. The van der Waals surface area contributed by atoms with Gasteiger partial charge in [0.1, 0.15) is 0 Å². The Bertz CT molecular complexity index is 615. The van der Waals surface area contributed by atoms with Gasteiger partial charge in [-0.05, 0) is 49.3 Å². The summed E-state index contributed by atoms with van der Waals surface area (Å²) < 4.78 is 5.34. The second-order valence-electron chi connectivity index (χ2n) is 7.66. The van der Waals surface area contributed by atoms with Crippen LogP contribution in [0.15, 0.2) is 24.3 Å². The first-order valence-corrected chi connectivity index (χ1v) is 9.68. The molecule has 2 amide bonds. The van der Waals surface area contributed by atoms with E-state index >= 15 is 0 Å². The van der Waals surface area contributed by atoms with E-state index in [1.54, 1.807) is 0 Å². The maximum atomic E-state index is 12.0. The van der Waals surface area contributed by atoms with Crippen molar-refractivity contribution in [3.05, 3.63) is 35.4 Å². The monoisotopic (exact) mass is 343 g/mol. The number of fused-ring (bicyclic) bond motifs is 2. The van der Waals surface area contributed by atoms with Crippen molar-refractivity contribution in [2.45, 2.75) is 31.1 Å². The van der Waals surface area contributed by atoms with Gasteiger partial charge in [-0.25, -0.2) is 4.79 Å². The molecule has 2 fully saturated rings. The van der Waals surface area contributed by atoms with Gasteiger partial charge in [-0.15, -0.1) is 0 Å². The van der Waals surface area contributed by atoms with Crippen molar-refractivity contribution in [1.29, 1.82) is 0 Å². The maximum Gasteiger partial charge on any atom is 0.314 e. The molecule has 0 radical (unpaired) electrons. The van der Waals surface area contributed by atoms with Gasteiger partial charge in [-0.3, -0.25) is 4.90 Å². The Kier molecular flexibility index (Phi) is 4.95. The average molecular weight is 343 g/mol. The van der Waals surface area contributed by atoms with Gasteiger partial charge in [0.05, 0.1) is 13.2 Å². The Hall–Kier alpha value is -1.59. The molecule has 1 saturated carbocycles. The number of nitrogens with zero attached hydrogens (tertiary/aromatic N) is 1. The number of ether oxygens (including phenoxy) is 1. The van der Waals surface area contributed by atoms with Crippen LogP contribution in [0.5, 0.6) is 0 Å². The highest BCUT2D eigenvalue weighted by Crippen LogP contribution is 2.61. The smallest absolute Gasteiger partial charge is 0.314 e. The summed E-state index contributed by atoms with van der Waals surface area (Å²) in [4.78, 5) is 14.4. The van der Waals surface area contributed by atoms with E-state index in [-0.39, 0.29) is 6.03 Å². The molecule has 136 valence electrons. The average Bonchev–Trinajstić information content (AvgIpc) is 3.24. The highest BCUT2D eigenvalue weighted by molar-refractivity contribution is 5.73. The number of amides is 2. The zero-order valence-corrected chi connectivity index (χ0v) is 14.9. The van der Waals surface area contributed by atoms with E-state index in [9.17, 15) is 4.79 Å². The lowest BCUT2D eigenvalue weighted by Crippen LogP contribution is -2.40. The van der Waals surface area contributed by atoms with E-state index in [2.05, 4.69) is 39.8 Å². The molecule has 0 unspecified atom stereocenters. The Morgan fingerprint density at radius 2 is 2.08 bits per heavy atom. The van der Waals surface area contributed by atoms with Crippen molar-refractivity contribution in [2.24, 2.45) is 5.92 Å². The van der Waals surface area contributed by atoms with Crippen LogP contribution < -0.4 is 10.6 Å². The molecule has 2 atom stereocenters. The summed E-state index contributed by atoms with van der Waals surface area (Å²) >= 11 is 0. The number of benzene rings is 1. The lowest BCUT2D eigenvalue weighted by molar-refractivity contribution is 0.0375. The van der Waals surface area contributed by atoms with Gasteiger partial charge in [-0.1, -0.05) is 24.3 Å². The van der Waals surface area contributed by atoms with Crippen molar-refractivity contribution in [2.75, 3.05) is 45.9 Å². The molecule has 5 heteroatoms. The van der Waals surface area contributed by atoms with Crippen LogP contribution >= 0.6 is 0 Å². The second-order valence-corrected chi connectivity index (χ2v) is 7.66. The fourth-order valence-corrected chi connectivity index (χ4v) is 4.61. The summed E-state index contributed by atoms with van der Waals surface area (Å²) in [6.07, 6.45) is 4.66. The minimum absolute atomic E-state index is 0.0182. The molecule has 0 bridgehead atoms. The summed E-state index contributed by atoms with van der Waals surface area (Å²) in [6, 6.07) is 8.81. The predicted molar refractivity (Wildman–Crippen MR) is 97.8 cm³/mol. The van der Waals surface area contributed by atoms with Crippen LogP contribution in [0.2, 0.25) is 0 Å². The summed E-state index contributed by atoms with van der Waals surface area (Å²) in [5.41, 5.74) is 3.41. The summed E-state index contributed by atoms with van der Waals surface area (Å²) in [6.45, 7) is 6.26. The number of nitrogens with one attached hydrogen (secondary N) is 2. The van der Waals surface area contributed by atoms with Crippen LogP contribution in [0.3, 0.4) is 0 Å². The molecule has 1 heterocycles. The Morgan fingerprint density at radius 3 is 2.96 bits per heavy atom. The number of carbonyl (C=O) groups excluding carboxylic acids is 1. The van der Waals surface area contributed by atoms with Crippen LogP contribution in [0.4, 0.5) is 4.79 Å². The van der Waals surface area contributed by atoms with Crippen molar-refractivity contribution in [3.8, 4) is 0 Å². The number of morpholine rings is 1. The topological polar surface area (TPSA) is 53.6 Å². The molecular formula is C20H29N3O2. The standard InChI is InChI=1S/C20H29N3O2/c24-19(21-8-3-9-23-10-12-25-13-11-23)22-15-17-14-20(17)7-6-16-4-1-2-5-18(16)20/h1-2,4-5,17H,3,6-15H2,(H2,21,22,24)/t17-,20+/m0/s1. The van der Waals surface area contributed by atoms with Gasteiger partial charge in [0.25, 0.3) is 0 Å². The van der Waals surface area contributed by atoms with Crippen LogP contribution in [-0.4, -0.2) is 56.9 Å². The van der Waals surface area contributed by atoms with Crippen molar-refractivity contribution in [1.82, 2.24) is 15.5 Å². The van der Waals surface area contributed by atoms with Crippen LogP contribution in [0, 0.1) is 5.92 Å². The molecule has 5 nitrogen and oxygen atoms in total. The normalized spacial score (nSPS) is 27.9. The molecule has 1 saturated heterocycles. The minimum Gasteiger partial charge on any atom is -0.379 e. The fourth-order valence-electron chi connectivity index (χ4n) is 4.61. The van der Waals surface area contributed by atoms with E-state index in [1.807, 2.05) is 0 Å². The molecule has 1 aliphatic heterocycles. The summed E-state index contributed by atoms with van der Waals surface area (Å²) in [7, 11) is 0. The first-order valence-electron chi connectivity index (χ1n) is 9.68. The quantitative estimate of drug-likeness (QED) is 0.776. The van der Waals surface area contributed by atoms with Crippen LogP contribution in [-0.2, 0) is 16.6 Å². The van der Waals surface area contributed by atoms with Gasteiger partial charge < -0.3 is 15.4 Å². The number of rotatable bonds is 6. The third-order valence-corrected chi connectivity index (χ3v) is 6.18. The van der Waals surface area contributed by atoms with Crippen LogP contribution in [0.25, 0.3) is 0 Å². The highest BCUT2D eigenvalue weighted by atomic mass is 16.5. The molecular weight excluding hydrogens is 314 g/mol. The SMILES string of the molecule is O=C(NCCCN1CCOCC1)NC[C@@H]1C[C@]12CCc1ccccc12. The van der Waals surface area contributed by atoms with Gasteiger partial charge in [0.2, 0.25) is 0 Å². The van der Waals surface area contributed by atoms with Crippen molar-refractivity contribution in [3.63, 3.8) is 0 Å². The number of hydrogen-bond donors (Lipinski definition) is 2. The van der Waals surface area contributed by atoms with Gasteiger partial charge in [0, 0.05) is 31.6 Å². The molecule has 0 aromatic heterocycles. The van der Waals surface area contributed by atoms with Crippen LogP contribution in [0.1, 0.15) is 30.4 Å². The number of urea groups is 1. The van der Waals surface area contributed by atoms with E-state index in [1.165, 1.54) is 30.4 Å². The molecule has 1 spiro atoms. The maximum absolute atomic E-state index is 12.0. The fraction of sp³-hybridized carbons (Fsp3) is 0.650. The third-order valence-electron chi connectivity index (χ3n) is 6.18. The Morgan fingerprint density at radius 1 is 1.24 bits per heavy atom. The Labute approximate surface area is 150 Å². The largest absolute Gasteiger partial charge is 0.379 e. The lowest BCUT2D eigenvalue weighted by Gasteiger charge is -2.26. The number of carbonyl (C=O) groups is 1. The molecule has 2 N–H and O–H groups in total. The first-order chi connectivity index (χ1) is 12.3. The summed E-state index contributed by atoms with van der Waals surface area (Å²) in [5, 5.41) is 6.08. The first kappa shape index (κ1) is 16.9. The second kappa shape index (κ2) is 7.34. The molecule has 2 aliphatic carbocycles. The van der Waals surface area contributed by atoms with Gasteiger partial charge in [0.15, 0.2) is 0 Å². The van der Waals surface area contributed by atoms with Crippen molar-refractivity contribution >= 4 is 6.03 Å². The molecule has 4 rings (SSSR count).